The van der Waals surface area contributed by atoms with Crippen LogP contribution in [0.4, 0.5) is 0 Å². The van der Waals surface area contributed by atoms with Crippen LogP contribution >= 0.6 is 12.4 Å². The molecule has 2 rings (SSSR count). The summed E-state index contributed by atoms with van der Waals surface area (Å²) in [6.45, 7) is 4.99. The number of nitrogens with two attached hydrogens (primary N) is 1. The lowest BCUT2D eigenvalue weighted by Crippen LogP contribution is -2.34. The van der Waals surface area contributed by atoms with Gasteiger partial charge in [0.25, 0.3) is 0 Å². The van der Waals surface area contributed by atoms with Crippen molar-refractivity contribution in [3.05, 3.63) is 59.7 Å². The monoisotopic (exact) mass is 334 g/mol. The molecule has 2 heterocycles. The van der Waals surface area contributed by atoms with Gasteiger partial charge in [-0.3, -0.25) is 9.97 Å². The number of hydrogen-bond donors (Lipinski definition) is 2. The van der Waals surface area contributed by atoms with Gasteiger partial charge in [0, 0.05) is 36.6 Å². The first-order valence-electron chi connectivity index (χ1n) is 7.98. The van der Waals surface area contributed by atoms with E-state index < -0.39 is 0 Å². The molecule has 5 heteroatoms. The topological polar surface area (TPSA) is 63.8 Å². The van der Waals surface area contributed by atoms with E-state index >= 15 is 0 Å². The Hall–Kier alpha value is -1.49. The van der Waals surface area contributed by atoms with Gasteiger partial charge in [0.15, 0.2) is 0 Å². The number of aryl methyl sites for hydroxylation is 1. The third kappa shape index (κ3) is 6.26. The predicted octanol–water partition coefficient (Wildman–Crippen LogP) is 3.21. The third-order valence-corrected chi connectivity index (χ3v) is 3.93. The van der Waals surface area contributed by atoms with Crippen LogP contribution in [0.25, 0.3) is 0 Å². The van der Waals surface area contributed by atoms with Gasteiger partial charge in [0.1, 0.15) is 0 Å². The van der Waals surface area contributed by atoms with Crippen molar-refractivity contribution in [3.8, 4) is 0 Å². The molecule has 0 saturated carbocycles. The first-order valence-corrected chi connectivity index (χ1v) is 7.98. The van der Waals surface area contributed by atoms with Crippen molar-refractivity contribution in [2.75, 3.05) is 6.54 Å². The Morgan fingerprint density at radius 3 is 2.57 bits per heavy atom. The Bertz CT molecular complexity index is 562. The third-order valence-electron chi connectivity index (χ3n) is 3.93. The van der Waals surface area contributed by atoms with Crippen LogP contribution in [0.1, 0.15) is 42.8 Å². The van der Waals surface area contributed by atoms with Crippen LogP contribution in [0.5, 0.6) is 0 Å². The van der Waals surface area contributed by atoms with Crippen LogP contribution < -0.4 is 11.1 Å². The summed E-state index contributed by atoms with van der Waals surface area (Å²) in [6.07, 6.45) is 6.68. The second-order valence-corrected chi connectivity index (χ2v) is 5.74. The first kappa shape index (κ1) is 19.6. The number of hydrogen-bond acceptors (Lipinski definition) is 4. The largest absolute Gasteiger partial charge is 0.330 e. The standard InChI is InChI=1S/C18H26N4.ClH/c1-14-7-6-12-21-18(14)13-16(8-5-10-19)22-15(2)17-9-3-4-11-20-17;/h3-4,6-7,9,11-12,15-16,22H,5,8,10,13,19H2,1-2H3;1H. The minimum Gasteiger partial charge on any atom is -0.330 e. The van der Waals surface area contributed by atoms with E-state index in [4.69, 9.17) is 5.73 Å². The lowest BCUT2D eigenvalue weighted by atomic mass is 10.0. The van der Waals surface area contributed by atoms with Gasteiger partial charge in [-0.25, -0.2) is 0 Å². The zero-order chi connectivity index (χ0) is 15.8. The average molecular weight is 335 g/mol. The van der Waals surface area contributed by atoms with Gasteiger partial charge in [0.2, 0.25) is 0 Å². The minimum atomic E-state index is 0. The molecule has 23 heavy (non-hydrogen) atoms. The second-order valence-electron chi connectivity index (χ2n) is 5.74. The van der Waals surface area contributed by atoms with Gasteiger partial charge in [-0.1, -0.05) is 12.1 Å². The molecule has 2 aromatic heterocycles. The van der Waals surface area contributed by atoms with E-state index in [9.17, 15) is 0 Å². The molecule has 0 amide bonds. The molecule has 3 N–H and O–H groups in total. The van der Waals surface area contributed by atoms with Crippen LogP contribution in [0, 0.1) is 6.92 Å². The molecular weight excluding hydrogens is 308 g/mol. The normalized spacial score (nSPS) is 13.2. The zero-order valence-corrected chi connectivity index (χ0v) is 14.7. The average Bonchev–Trinajstić information content (AvgIpc) is 2.55. The minimum absolute atomic E-state index is 0. The van der Waals surface area contributed by atoms with E-state index in [0.29, 0.717) is 6.04 Å². The molecule has 0 radical (unpaired) electrons. The Balaban J connectivity index is 0.00000264. The number of nitrogens with zero attached hydrogens (tertiary/aromatic N) is 2. The van der Waals surface area contributed by atoms with E-state index in [1.807, 2.05) is 30.6 Å². The maximum atomic E-state index is 5.69. The van der Waals surface area contributed by atoms with E-state index in [1.54, 1.807) is 0 Å². The summed E-state index contributed by atoms with van der Waals surface area (Å²) in [4.78, 5) is 8.95. The highest BCUT2D eigenvalue weighted by Gasteiger charge is 2.16. The highest BCUT2D eigenvalue weighted by Crippen LogP contribution is 2.15. The van der Waals surface area contributed by atoms with Crippen LogP contribution in [0.3, 0.4) is 0 Å². The van der Waals surface area contributed by atoms with Gasteiger partial charge in [-0.15, -0.1) is 12.4 Å². The molecule has 2 aromatic rings. The van der Waals surface area contributed by atoms with E-state index in [-0.39, 0.29) is 18.4 Å². The summed E-state index contributed by atoms with van der Waals surface area (Å²) < 4.78 is 0. The Kier molecular flexibility index (Phi) is 8.77. The van der Waals surface area contributed by atoms with Gasteiger partial charge >= 0.3 is 0 Å². The lowest BCUT2D eigenvalue weighted by molar-refractivity contribution is 0.413. The Morgan fingerprint density at radius 2 is 1.91 bits per heavy atom. The summed E-state index contributed by atoms with van der Waals surface area (Å²) in [5.74, 6) is 0. The first-order chi connectivity index (χ1) is 10.7. The molecule has 2 atom stereocenters. The maximum absolute atomic E-state index is 5.69. The number of halogens is 1. The van der Waals surface area contributed by atoms with Crippen molar-refractivity contribution >= 4 is 12.4 Å². The maximum Gasteiger partial charge on any atom is 0.0570 e. The summed E-state index contributed by atoms with van der Waals surface area (Å²) in [5.41, 5.74) is 9.15. The summed E-state index contributed by atoms with van der Waals surface area (Å²) in [5, 5.41) is 3.69. The van der Waals surface area contributed by atoms with E-state index in [0.717, 1.165) is 37.2 Å². The van der Waals surface area contributed by atoms with Crippen molar-refractivity contribution in [1.29, 1.82) is 0 Å². The van der Waals surface area contributed by atoms with Crippen molar-refractivity contribution in [1.82, 2.24) is 15.3 Å². The molecule has 0 aliphatic heterocycles. The molecule has 0 saturated heterocycles. The molecule has 0 bridgehead atoms. The van der Waals surface area contributed by atoms with Crippen molar-refractivity contribution < 1.29 is 0 Å². The lowest BCUT2D eigenvalue weighted by Gasteiger charge is -2.23. The highest BCUT2D eigenvalue weighted by molar-refractivity contribution is 5.85. The molecule has 2 unspecified atom stereocenters. The number of pyridine rings is 2. The zero-order valence-electron chi connectivity index (χ0n) is 13.9. The summed E-state index contributed by atoms with van der Waals surface area (Å²) in [6, 6.07) is 10.7. The Morgan fingerprint density at radius 1 is 1.13 bits per heavy atom. The second kappa shape index (κ2) is 10.3. The Labute approximate surface area is 145 Å². The SMILES string of the molecule is Cc1cccnc1CC(CCCN)NC(C)c1ccccn1.Cl. The molecular formula is C18H27ClN4. The van der Waals surface area contributed by atoms with Crippen LogP contribution in [-0.2, 0) is 6.42 Å². The van der Waals surface area contributed by atoms with Crippen molar-refractivity contribution in [2.45, 2.75) is 45.2 Å². The fraction of sp³-hybridized carbons (Fsp3) is 0.444. The molecule has 4 nitrogen and oxygen atoms in total. The molecule has 0 spiro atoms. The van der Waals surface area contributed by atoms with Gasteiger partial charge < -0.3 is 11.1 Å². The van der Waals surface area contributed by atoms with Crippen LogP contribution in [-0.4, -0.2) is 22.6 Å². The van der Waals surface area contributed by atoms with Crippen molar-refractivity contribution in [3.63, 3.8) is 0 Å². The molecule has 126 valence electrons. The smallest absolute Gasteiger partial charge is 0.0570 e. The number of rotatable bonds is 8. The fourth-order valence-electron chi connectivity index (χ4n) is 2.65. The highest BCUT2D eigenvalue weighted by atomic mass is 35.5. The fourth-order valence-corrected chi connectivity index (χ4v) is 2.65. The predicted molar refractivity (Wildman–Crippen MR) is 97.8 cm³/mol. The molecule has 0 aromatic carbocycles. The quantitative estimate of drug-likeness (QED) is 0.778. The van der Waals surface area contributed by atoms with Gasteiger partial charge in [-0.05, 0) is 57.0 Å². The van der Waals surface area contributed by atoms with Crippen LogP contribution in [0.2, 0.25) is 0 Å². The molecule has 0 aliphatic carbocycles. The summed E-state index contributed by atoms with van der Waals surface area (Å²) in [7, 11) is 0. The number of nitrogens with one attached hydrogen (secondary N) is 1. The molecule has 0 fully saturated rings. The summed E-state index contributed by atoms with van der Waals surface area (Å²) >= 11 is 0. The molecule has 0 aliphatic rings. The van der Waals surface area contributed by atoms with Gasteiger partial charge in [0.05, 0.1) is 5.69 Å². The number of aromatic nitrogens is 2. The van der Waals surface area contributed by atoms with Crippen LogP contribution in [0.15, 0.2) is 42.7 Å². The van der Waals surface area contributed by atoms with Gasteiger partial charge in [-0.2, -0.15) is 0 Å². The van der Waals surface area contributed by atoms with Crippen molar-refractivity contribution in [2.24, 2.45) is 5.73 Å². The van der Waals surface area contributed by atoms with E-state index in [2.05, 4.69) is 41.3 Å². The van der Waals surface area contributed by atoms with E-state index in [1.165, 1.54) is 5.56 Å².